The molecule has 1 saturated heterocycles. The van der Waals surface area contributed by atoms with Crippen LogP contribution < -0.4 is 10.6 Å². The van der Waals surface area contributed by atoms with E-state index in [1.54, 1.807) is 11.0 Å². The van der Waals surface area contributed by atoms with Gasteiger partial charge in [-0.15, -0.1) is 0 Å². The van der Waals surface area contributed by atoms with E-state index in [1.165, 1.54) is 0 Å². The van der Waals surface area contributed by atoms with Crippen molar-refractivity contribution in [1.29, 1.82) is 0 Å². The number of nitrogens with one attached hydrogen (secondary N) is 2. The summed E-state index contributed by atoms with van der Waals surface area (Å²) >= 11 is 0. The molecule has 1 atom stereocenters. The van der Waals surface area contributed by atoms with Crippen molar-refractivity contribution in [2.24, 2.45) is 7.05 Å². The first kappa shape index (κ1) is 20.3. The van der Waals surface area contributed by atoms with Gasteiger partial charge in [0.2, 0.25) is 17.7 Å². The Morgan fingerprint density at radius 2 is 1.74 bits per heavy atom. The maximum Gasteiger partial charge on any atom is 0.255 e. The number of anilines is 1. The molecule has 0 spiro atoms. The highest BCUT2D eigenvalue weighted by Gasteiger charge is 2.39. The molecule has 3 aromatic rings. The first-order chi connectivity index (χ1) is 16.4. The van der Waals surface area contributed by atoms with E-state index < -0.39 is 11.9 Å². The molecule has 0 saturated carbocycles. The van der Waals surface area contributed by atoms with Gasteiger partial charge in [-0.05, 0) is 47.9 Å². The maximum atomic E-state index is 12.9. The molecule has 2 aromatic carbocycles. The van der Waals surface area contributed by atoms with E-state index in [4.69, 9.17) is 4.98 Å². The molecule has 2 N–H and O–H groups in total. The number of nitrogens with zero attached hydrogens (tertiary/aromatic N) is 3. The molecule has 9 nitrogen and oxygen atoms in total. The van der Waals surface area contributed by atoms with Crippen molar-refractivity contribution in [3.05, 3.63) is 59.3 Å². The van der Waals surface area contributed by atoms with Crippen LogP contribution in [0, 0.1) is 0 Å². The number of benzene rings is 2. The van der Waals surface area contributed by atoms with Crippen LogP contribution in [0.2, 0.25) is 0 Å². The topological polar surface area (TPSA) is 113 Å². The minimum atomic E-state index is -0.635. The van der Waals surface area contributed by atoms with E-state index in [1.807, 2.05) is 48.1 Å². The van der Waals surface area contributed by atoms with Crippen molar-refractivity contribution < 1.29 is 19.2 Å². The number of fused-ring (bicyclic) bond motifs is 2. The third-order valence-corrected chi connectivity index (χ3v) is 6.68. The molecule has 34 heavy (non-hydrogen) atoms. The molecule has 4 heterocycles. The second-order valence-electron chi connectivity index (χ2n) is 8.93. The number of imide groups is 1. The van der Waals surface area contributed by atoms with Crippen molar-refractivity contribution in [3.8, 4) is 22.6 Å². The van der Waals surface area contributed by atoms with Crippen LogP contribution in [0.3, 0.4) is 0 Å². The number of hydrogen-bond donors (Lipinski definition) is 2. The van der Waals surface area contributed by atoms with E-state index in [2.05, 4.69) is 10.6 Å². The van der Waals surface area contributed by atoms with Gasteiger partial charge in [-0.25, -0.2) is 4.98 Å². The fourth-order valence-electron chi connectivity index (χ4n) is 4.98. The number of amides is 4. The molecule has 0 bridgehead atoms. The number of carbonyl (C=O) groups is 4. The zero-order valence-electron chi connectivity index (χ0n) is 18.4. The van der Waals surface area contributed by atoms with Crippen molar-refractivity contribution in [1.82, 2.24) is 19.8 Å². The molecule has 1 unspecified atom stereocenters. The Bertz CT molecular complexity index is 1420. The van der Waals surface area contributed by atoms with E-state index >= 15 is 0 Å². The van der Waals surface area contributed by atoms with Crippen LogP contribution in [-0.2, 0) is 34.4 Å². The third kappa shape index (κ3) is 3.20. The average Bonchev–Trinajstić information content (AvgIpc) is 3.47. The Morgan fingerprint density at radius 3 is 2.56 bits per heavy atom. The maximum absolute atomic E-state index is 12.9. The number of aromatic nitrogens is 2. The van der Waals surface area contributed by atoms with Gasteiger partial charge < -0.3 is 14.8 Å². The summed E-state index contributed by atoms with van der Waals surface area (Å²) in [6.07, 6.45) is 2.86. The van der Waals surface area contributed by atoms with E-state index in [9.17, 15) is 19.2 Å². The van der Waals surface area contributed by atoms with Gasteiger partial charge in [-0.1, -0.05) is 6.07 Å². The number of imidazole rings is 1. The molecular formula is C25H21N5O4. The Kier molecular flexibility index (Phi) is 4.41. The van der Waals surface area contributed by atoms with Crippen LogP contribution in [-0.4, -0.2) is 44.1 Å². The van der Waals surface area contributed by atoms with Crippen LogP contribution in [0.25, 0.3) is 22.6 Å². The Balaban J connectivity index is 1.29. The third-order valence-electron chi connectivity index (χ3n) is 6.68. The fourth-order valence-corrected chi connectivity index (χ4v) is 4.98. The van der Waals surface area contributed by atoms with Crippen LogP contribution in [0.15, 0.2) is 42.6 Å². The monoisotopic (exact) mass is 455 g/mol. The highest BCUT2D eigenvalue weighted by molar-refractivity contribution is 6.05. The molecule has 9 heteroatoms. The molecule has 1 fully saturated rings. The Labute approximate surface area is 194 Å². The summed E-state index contributed by atoms with van der Waals surface area (Å²) < 4.78 is 1.94. The van der Waals surface area contributed by atoms with Gasteiger partial charge >= 0.3 is 0 Å². The summed E-state index contributed by atoms with van der Waals surface area (Å²) in [5.41, 5.74) is 5.76. The van der Waals surface area contributed by atoms with E-state index in [-0.39, 0.29) is 24.1 Å². The lowest BCUT2D eigenvalue weighted by Gasteiger charge is -2.29. The van der Waals surface area contributed by atoms with Crippen LogP contribution in [0.5, 0.6) is 0 Å². The van der Waals surface area contributed by atoms with Crippen LogP contribution in [0.1, 0.15) is 34.3 Å². The average molecular weight is 455 g/mol. The molecule has 1 aromatic heterocycles. The Morgan fingerprint density at radius 1 is 0.941 bits per heavy atom. The minimum absolute atomic E-state index is 0.00767. The number of piperidine rings is 1. The van der Waals surface area contributed by atoms with Gasteiger partial charge in [0.25, 0.3) is 5.91 Å². The normalized spacial score (nSPS) is 19.2. The van der Waals surface area contributed by atoms with Crippen LogP contribution >= 0.6 is 0 Å². The van der Waals surface area contributed by atoms with Gasteiger partial charge in [0.1, 0.15) is 11.9 Å². The van der Waals surface area contributed by atoms with E-state index in [0.29, 0.717) is 24.9 Å². The molecule has 0 aliphatic carbocycles. The van der Waals surface area contributed by atoms with Gasteiger partial charge in [-0.3, -0.25) is 24.5 Å². The minimum Gasteiger partial charge on any atom is -0.333 e. The number of hydrogen-bond acceptors (Lipinski definition) is 5. The Hall–Kier alpha value is -4.27. The molecule has 3 aliphatic heterocycles. The zero-order valence-corrected chi connectivity index (χ0v) is 18.4. The lowest BCUT2D eigenvalue weighted by molar-refractivity contribution is -0.137. The lowest BCUT2D eigenvalue weighted by atomic mass is 10.0. The quantitative estimate of drug-likeness (QED) is 0.587. The largest absolute Gasteiger partial charge is 0.333 e. The molecule has 3 aliphatic rings. The summed E-state index contributed by atoms with van der Waals surface area (Å²) in [6, 6.07) is 10.8. The van der Waals surface area contributed by atoms with Crippen molar-refractivity contribution in [2.75, 3.05) is 5.32 Å². The predicted octanol–water partition coefficient (Wildman–Crippen LogP) is 2.01. The number of rotatable bonds is 3. The SMILES string of the molecule is Cn1cc(-c2ccc3c(c2)CN(C2CCC(=O)NC2=O)C3=O)nc1-c1ccc2c(c1)CC(=O)N2. The summed E-state index contributed by atoms with van der Waals surface area (Å²) in [7, 11) is 1.92. The molecule has 170 valence electrons. The summed E-state index contributed by atoms with van der Waals surface area (Å²) in [6.45, 7) is 0.319. The molecule has 6 rings (SSSR count). The van der Waals surface area contributed by atoms with Crippen molar-refractivity contribution >= 4 is 29.3 Å². The standard InChI is InChI=1S/C25H21N5O4/c1-29-12-19(27-23(29)14-3-5-18-15(9-14)10-22(32)26-18)13-2-4-17-16(8-13)11-30(25(17)34)20-6-7-21(31)28-24(20)33/h2-5,8-9,12,20H,6-7,10-11H2,1H3,(H,26,32)(H,28,31,33). The van der Waals surface area contributed by atoms with Crippen molar-refractivity contribution in [2.45, 2.75) is 31.8 Å². The first-order valence-corrected chi connectivity index (χ1v) is 11.1. The molecular weight excluding hydrogens is 434 g/mol. The van der Waals surface area contributed by atoms with Gasteiger partial charge in [0.15, 0.2) is 0 Å². The predicted molar refractivity (Wildman–Crippen MR) is 122 cm³/mol. The van der Waals surface area contributed by atoms with Gasteiger partial charge in [0.05, 0.1) is 12.1 Å². The first-order valence-electron chi connectivity index (χ1n) is 11.1. The number of aryl methyl sites for hydroxylation is 1. The van der Waals surface area contributed by atoms with E-state index in [0.717, 1.165) is 39.5 Å². The molecule has 0 radical (unpaired) electrons. The lowest BCUT2D eigenvalue weighted by Crippen LogP contribution is -2.52. The zero-order chi connectivity index (χ0) is 23.6. The molecule has 4 amide bonds. The van der Waals surface area contributed by atoms with Gasteiger partial charge in [0, 0.05) is 48.6 Å². The summed E-state index contributed by atoms with van der Waals surface area (Å²) in [5.74, 6) is -0.146. The van der Waals surface area contributed by atoms with Gasteiger partial charge in [-0.2, -0.15) is 0 Å². The fraction of sp³-hybridized carbons (Fsp3) is 0.240. The highest BCUT2D eigenvalue weighted by atomic mass is 16.2. The highest BCUT2D eigenvalue weighted by Crippen LogP contribution is 2.33. The number of carbonyl (C=O) groups excluding carboxylic acids is 4. The van der Waals surface area contributed by atoms with Crippen molar-refractivity contribution in [3.63, 3.8) is 0 Å². The smallest absolute Gasteiger partial charge is 0.255 e. The second-order valence-corrected chi connectivity index (χ2v) is 8.93. The summed E-state index contributed by atoms with van der Waals surface area (Å²) in [5, 5.41) is 5.17. The summed E-state index contributed by atoms with van der Waals surface area (Å²) in [4.78, 5) is 54.7. The second kappa shape index (κ2) is 7.38. The van der Waals surface area contributed by atoms with Crippen LogP contribution in [0.4, 0.5) is 5.69 Å².